The number of imidazole rings is 1. The maximum absolute atomic E-state index is 12.7. The van der Waals surface area contributed by atoms with Gasteiger partial charge >= 0.3 is 12.3 Å². The van der Waals surface area contributed by atoms with E-state index in [-0.39, 0.29) is 17.3 Å². The fourth-order valence-corrected chi connectivity index (χ4v) is 1.25. The van der Waals surface area contributed by atoms with Crippen molar-refractivity contribution in [3.8, 4) is 5.88 Å². The van der Waals surface area contributed by atoms with Gasteiger partial charge in [0.2, 0.25) is 5.65 Å². The first-order chi connectivity index (χ1) is 8.40. The molecule has 0 aliphatic rings. The Morgan fingerprint density at radius 1 is 1.44 bits per heavy atom. The molecule has 2 heterocycles. The molecule has 18 heavy (non-hydrogen) atoms. The number of hydrogen-bond donors (Lipinski definition) is 1. The lowest BCUT2D eigenvalue weighted by molar-refractivity contribution is -0.148. The van der Waals surface area contributed by atoms with Crippen molar-refractivity contribution in [1.82, 2.24) is 14.4 Å². The quantitative estimate of drug-likeness (QED) is 0.852. The Balaban J connectivity index is 2.24. The first-order valence-electron chi connectivity index (χ1n) is 4.78. The number of alkyl halides is 4. The molecule has 0 aromatic carbocycles. The molecular formula is C9H8F4N4O. The lowest BCUT2D eigenvalue weighted by Gasteiger charge is -2.15. The standard InChI is InChI=1S/C9H8F4N4O/c10-8(11)9(12,13)4-18-7-6-15-1-2-17(6)3-5(14)16-7/h1-3,8H,4,14H2. The molecule has 0 atom stereocenters. The van der Waals surface area contributed by atoms with Crippen molar-refractivity contribution in [2.24, 2.45) is 0 Å². The maximum atomic E-state index is 12.7. The molecule has 9 heteroatoms. The molecule has 2 N–H and O–H groups in total. The summed E-state index contributed by atoms with van der Waals surface area (Å²) in [6.07, 6.45) is 0.440. The van der Waals surface area contributed by atoms with Crippen molar-refractivity contribution in [1.29, 1.82) is 0 Å². The van der Waals surface area contributed by atoms with E-state index in [0.29, 0.717) is 0 Å². The van der Waals surface area contributed by atoms with Gasteiger partial charge in [-0.15, -0.1) is 0 Å². The highest BCUT2D eigenvalue weighted by atomic mass is 19.3. The van der Waals surface area contributed by atoms with Crippen molar-refractivity contribution < 1.29 is 22.3 Å². The Morgan fingerprint density at radius 2 is 2.17 bits per heavy atom. The van der Waals surface area contributed by atoms with E-state index in [9.17, 15) is 17.6 Å². The highest BCUT2D eigenvalue weighted by Gasteiger charge is 2.42. The molecule has 0 bridgehead atoms. The third-order valence-corrected chi connectivity index (χ3v) is 2.08. The van der Waals surface area contributed by atoms with Crippen LogP contribution in [0.2, 0.25) is 0 Å². The molecule has 0 spiro atoms. The Hall–Kier alpha value is -2.06. The fourth-order valence-electron chi connectivity index (χ4n) is 1.25. The molecule has 0 amide bonds. The maximum Gasteiger partial charge on any atom is 0.340 e. The van der Waals surface area contributed by atoms with Crippen LogP contribution in [-0.2, 0) is 0 Å². The van der Waals surface area contributed by atoms with E-state index in [1.54, 1.807) is 0 Å². The predicted molar refractivity (Wildman–Crippen MR) is 53.8 cm³/mol. The molecule has 0 aliphatic heterocycles. The van der Waals surface area contributed by atoms with Gasteiger partial charge in [0.1, 0.15) is 5.82 Å². The first-order valence-corrected chi connectivity index (χ1v) is 4.78. The van der Waals surface area contributed by atoms with Gasteiger partial charge in [0.15, 0.2) is 6.61 Å². The van der Waals surface area contributed by atoms with E-state index in [1.807, 2.05) is 0 Å². The summed E-state index contributed by atoms with van der Waals surface area (Å²) in [5, 5.41) is 0. The number of fused-ring (bicyclic) bond motifs is 1. The zero-order chi connectivity index (χ0) is 13.3. The van der Waals surface area contributed by atoms with Crippen molar-refractivity contribution >= 4 is 11.5 Å². The van der Waals surface area contributed by atoms with E-state index in [0.717, 1.165) is 0 Å². The lowest BCUT2D eigenvalue weighted by Crippen LogP contribution is -2.34. The Labute approximate surface area is 98.2 Å². The van der Waals surface area contributed by atoms with E-state index in [1.165, 1.54) is 23.0 Å². The van der Waals surface area contributed by atoms with E-state index in [2.05, 4.69) is 14.7 Å². The van der Waals surface area contributed by atoms with Crippen molar-refractivity contribution in [3.05, 3.63) is 18.6 Å². The van der Waals surface area contributed by atoms with Gasteiger partial charge in [-0.2, -0.15) is 13.8 Å². The fraction of sp³-hybridized carbons (Fsp3) is 0.333. The minimum atomic E-state index is -4.25. The van der Waals surface area contributed by atoms with Crippen molar-refractivity contribution in [2.45, 2.75) is 12.3 Å². The lowest BCUT2D eigenvalue weighted by atomic mass is 10.4. The van der Waals surface area contributed by atoms with Gasteiger partial charge in [0.25, 0.3) is 5.88 Å². The molecular weight excluding hydrogens is 256 g/mol. The molecule has 2 rings (SSSR count). The molecule has 98 valence electrons. The van der Waals surface area contributed by atoms with Gasteiger partial charge in [-0.05, 0) is 0 Å². The smallest absolute Gasteiger partial charge is 0.340 e. The van der Waals surface area contributed by atoms with Crippen LogP contribution in [0.15, 0.2) is 18.6 Å². The van der Waals surface area contributed by atoms with Gasteiger partial charge in [-0.25, -0.2) is 13.8 Å². The number of ether oxygens (including phenoxy) is 1. The van der Waals surface area contributed by atoms with E-state index >= 15 is 0 Å². The van der Waals surface area contributed by atoms with E-state index in [4.69, 9.17) is 5.73 Å². The monoisotopic (exact) mass is 264 g/mol. The highest BCUT2D eigenvalue weighted by Crippen LogP contribution is 2.25. The SMILES string of the molecule is Nc1cn2ccnc2c(OCC(F)(F)C(F)F)n1. The summed E-state index contributed by atoms with van der Waals surface area (Å²) in [7, 11) is 0. The van der Waals surface area contributed by atoms with Gasteiger partial charge in [-0.3, -0.25) is 4.40 Å². The average molecular weight is 264 g/mol. The summed E-state index contributed by atoms with van der Waals surface area (Å²) >= 11 is 0. The second-order valence-electron chi connectivity index (χ2n) is 3.48. The first kappa shape index (κ1) is 12.4. The molecule has 5 nitrogen and oxygen atoms in total. The van der Waals surface area contributed by atoms with Crippen LogP contribution >= 0.6 is 0 Å². The number of nitrogen functional groups attached to an aromatic ring is 1. The van der Waals surface area contributed by atoms with Crippen molar-refractivity contribution in [3.63, 3.8) is 0 Å². The molecule has 2 aromatic heterocycles. The van der Waals surface area contributed by atoms with Gasteiger partial charge in [0.05, 0.1) is 6.20 Å². The van der Waals surface area contributed by atoms with Gasteiger partial charge in [0, 0.05) is 12.4 Å². The van der Waals surface area contributed by atoms with E-state index < -0.39 is 19.0 Å². The molecule has 2 aromatic rings. The Kier molecular flexibility index (Phi) is 2.97. The number of rotatable bonds is 4. The van der Waals surface area contributed by atoms with Crippen LogP contribution in [0.3, 0.4) is 0 Å². The number of nitrogens with zero attached hydrogens (tertiary/aromatic N) is 3. The molecule has 0 saturated heterocycles. The second-order valence-corrected chi connectivity index (χ2v) is 3.48. The van der Waals surface area contributed by atoms with Crippen LogP contribution in [0, 0.1) is 0 Å². The summed E-state index contributed by atoms with van der Waals surface area (Å²) in [6.45, 7) is -1.50. The van der Waals surface area contributed by atoms with Crippen LogP contribution < -0.4 is 10.5 Å². The molecule has 0 aliphatic carbocycles. The summed E-state index contributed by atoms with van der Waals surface area (Å²) in [5.41, 5.74) is 5.53. The van der Waals surface area contributed by atoms with Crippen LogP contribution in [-0.4, -0.2) is 33.3 Å². The number of aromatic nitrogens is 3. The largest absolute Gasteiger partial charge is 0.468 e. The number of nitrogens with two attached hydrogens (primary N) is 1. The van der Waals surface area contributed by atoms with Crippen LogP contribution in [0.5, 0.6) is 5.88 Å². The normalized spacial score (nSPS) is 12.3. The molecule has 0 radical (unpaired) electrons. The molecule has 0 saturated carbocycles. The van der Waals surface area contributed by atoms with Gasteiger partial charge < -0.3 is 10.5 Å². The minimum Gasteiger partial charge on any atom is -0.468 e. The average Bonchev–Trinajstić information content (AvgIpc) is 2.73. The third kappa shape index (κ3) is 2.29. The summed E-state index contributed by atoms with van der Waals surface area (Å²) < 4.78 is 55.3. The van der Waals surface area contributed by atoms with Crippen molar-refractivity contribution in [2.75, 3.05) is 12.3 Å². The number of hydrogen-bond acceptors (Lipinski definition) is 4. The Morgan fingerprint density at radius 3 is 2.83 bits per heavy atom. The zero-order valence-electron chi connectivity index (χ0n) is 8.86. The Bertz CT molecular complexity index is 556. The van der Waals surface area contributed by atoms with Crippen LogP contribution in [0.4, 0.5) is 23.4 Å². The van der Waals surface area contributed by atoms with Crippen LogP contribution in [0.25, 0.3) is 5.65 Å². The van der Waals surface area contributed by atoms with Gasteiger partial charge in [-0.1, -0.05) is 0 Å². The molecule has 0 fully saturated rings. The summed E-state index contributed by atoms with van der Waals surface area (Å²) in [6, 6.07) is 0. The summed E-state index contributed by atoms with van der Waals surface area (Å²) in [5.74, 6) is -4.58. The highest BCUT2D eigenvalue weighted by molar-refractivity contribution is 5.52. The molecule has 0 unspecified atom stereocenters. The minimum absolute atomic E-state index is 0.00383. The second kappa shape index (κ2) is 4.31. The number of halogens is 4. The number of anilines is 1. The third-order valence-electron chi connectivity index (χ3n) is 2.08. The summed E-state index contributed by atoms with van der Waals surface area (Å²) in [4.78, 5) is 7.42. The zero-order valence-corrected chi connectivity index (χ0v) is 8.86. The predicted octanol–water partition coefficient (Wildman–Crippen LogP) is 1.59. The van der Waals surface area contributed by atoms with Crippen LogP contribution in [0.1, 0.15) is 0 Å². The topological polar surface area (TPSA) is 65.4 Å².